The second-order valence-electron chi connectivity index (χ2n) is 9.48. The van der Waals surface area contributed by atoms with E-state index in [1.54, 1.807) is 26.0 Å². The number of aliphatic hydroxyl groups is 1. The number of benzene rings is 1. The minimum Gasteiger partial charge on any atom is -0.507 e. The Labute approximate surface area is 222 Å². The molecule has 3 heterocycles. The molecule has 2 saturated heterocycles. The Morgan fingerprint density at radius 2 is 1.82 bits per heavy atom. The van der Waals surface area contributed by atoms with Gasteiger partial charge < -0.3 is 29.2 Å². The van der Waals surface area contributed by atoms with E-state index in [1.165, 1.54) is 12.0 Å². The van der Waals surface area contributed by atoms with Gasteiger partial charge in [-0.25, -0.2) is 4.79 Å². The number of aryl methyl sites for hydroxylation is 1. The molecule has 1 aromatic carbocycles. The van der Waals surface area contributed by atoms with Crippen LogP contribution in [0.3, 0.4) is 0 Å². The highest BCUT2D eigenvalue weighted by Crippen LogP contribution is 2.41. The SMILES string of the molecule is CCCOc1ccc(C2/C(=C(\O)c3c(C)[nH]c(C(=O)OC)c3C)C(=O)C(=O)N2CCN2CCOCC2)cc1. The van der Waals surface area contributed by atoms with E-state index in [0.717, 1.165) is 19.5 Å². The van der Waals surface area contributed by atoms with E-state index in [-0.39, 0.29) is 17.0 Å². The van der Waals surface area contributed by atoms with Crippen LogP contribution in [0.1, 0.15) is 52.3 Å². The second kappa shape index (κ2) is 11.8. The topological polar surface area (TPSA) is 121 Å². The predicted octanol–water partition coefficient (Wildman–Crippen LogP) is 2.96. The van der Waals surface area contributed by atoms with E-state index in [2.05, 4.69) is 9.88 Å². The lowest BCUT2D eigenvalue weighted by Gasteiger charge is -2.31. The number of ketones is 1. The first-order valence-electron chi connectivity index (χ1n) is 12.9. The minimum absolute atomic E-state index is 0.0131. The molecule has 0 saturated carbocycles. The van der Waals surface area contributed by atoms with Crippen LogP contribution < -0.4 is 4.74 Å². The molecule has 10 nitrogen and oxygen atoms in total. The maximum absolute atomic E-state index is 13.4. The fraction of sp³-hybridized carbons (Fsp3) is 0.464. The molecule has 0 spiro atoms. The van der Waals surface area contributed by atoms with Gasteiger partial charge in [0.15, 0.2) is 0 Å². The third-order valence-electron chi connectivity index (χ3n) is 7.03. The summed E-state index contributed by atoms with van der Waals surface area (Å²) in [5.41, 5.74) is 2.08. The van der Waals surface area contributed by atoms with Gasteiger partial charge in [0.25, 0.3) is 11.7 Å². The number of esters is 1. The monoisotopic (exact) mass is 525 g/mol. The largest absolute Gasteiger partial charge is 0.507 e. The molecule has 38 heavy (non-hydrogen) atoms. The number of ether oxygens (including phenoxy) is 3. The predicted molar refractivity (Wildman–Crippen MR) is 140 cm³/mol. The van der Waals surface area contributed by atoms with E-state index in [9.17, 15) is 19.5 Å². The zero-order chi connectivity index (χ0) is 27.4. The van der Waals surface area contributed by atoms with Gasteiger partial charge in [0.05, 0.1) is 38.5 Å². The first-order valence-corrected chi connectivity index (χ1v) is 12.9. The first-order chi connectivity index (χ1) is 18.3. The number of carbonyl (C=O) groups is 3. The van der Waals surface area contributed by atoms with Crippen molar-refractivity contribution in [2.45, 2.75) is 33.2 Å². The minimum atomic E-state index is -0.799. The second-order valence-corrected chi connectivity index (χ2v) is 9.48. The fourth-order valence-corrected chi connectivity index (χ4v) is 5.04. The Balaban J connectivity index is 1.77. The third-order valence-corrected chi connectivity index (χ3v) is 7.03. The fourth-order valence-electron chi connectivity index (χ4n) is 5.04. The summed E-state index contributed by atoms with van der Waals surface area (Å²) in [6.45, 7) is 9.56. The lowest BCUT2D eigenvalue weighted by molar-refractivity contribution is -0.140. The van der Waals surface area contributed by atoms with Crippen molar-refractivity contribution in [2.24, 2.45) is 0 Å². The highest BCUT2D eigenvalue weighted by Gasteiger charge is 2.46. The van der Waals surface area contributed by atoms with Crippen molar-refractivity contribution in [2.75, 3.05) is 53.1 Å². The number of hydrogen-bond donors (Lipinski definition) is 2. The number of likely N-dealkylation sites (tertiary alicyclic amines) is 1. The van der Waals surface area contributed by atoms with Crippen molar-refractivity contribution < 1.29 is 33.7 Å². The molecule has 0 bridgehead atoms. The van der Waals surface area contributed by atoms with Gasteiger partial charge in [-0.15, -0.1) is 0 Å². The maximum atomic E-state index is 13.4. The van der Waals surface area contributed by atoms with Crippen LogP contribution in [0.5, 0.6) is 5.75 Å². The molecular weight excluding hydrogens is 490 g/mol. The summed E-state index contributed by atoms with van der Waals surface area (Å²) < 4.78 is 16.0. The normalized spacial score (nSPS) is 19.7. The number of carbonyl (C=O) groups excluding carboxylic acids is 3. The molecule has 4 rings (SSSR count). The summed E-state index contributed by atoms with van der Waals surface area (Å²) in [5, 5.41) is 11.5. The number of amides is 1. The zero-order valence-electron chi connectivity index (χ0n) is 22.3. The van der Waals surface area contributed by atoms with Crippen LogP contribution in [0.2, 0.25) is 0 Å². The summed E-state index contributed by atoms with van der Waals surface area (Å²) in [4.78, 5) is 45.6. The molecule has 2 aromatic rings. The average Bonchev–Trinajstić information content (AvgIpc) is 3.37. The molecule has 0 aliphatic carbocycles. The first kappa shape index (κ1) is 27.4. The molecule has 0 radical (unpaired) electrons. The number of aromatic amines is 1. The Bertz CT molecular complexity index is 1230. The van der Waals surface area contributed by atoms with Crippen LogP contribution in [0.15, 0.2) is 29.8 Å². The number of nitrogens with zero attached hydrogens (tertiary/aromatic N) is 2. The van der Waals surface area contributed by atoms with Crippen molar-refractivity contribution >= 4 is 23.4 Å². The van der Waals surface area contributed by atoms with Gasteiger partial charge in [0.2, 0.25) is 0 Å². The van der Waals surface area contributed by atoms with Gasteiger partial charge in [-0.3, -0.25) is 14.5 Å². The number of methoxy groups -OCH3 is 1. The standard InChI is InChI=1S/C28H35N3O7/c1-5-14-38-20-8-6-19(7-9-20)24-22(25(32)21-17(2)23(28(35)36-4)29-18(21)3)26(33)27(34)31(24)11-10-30-12-15-37-16-13-30/h6-9,24,29,32H,5,10-16H2,1-4H3/b25-22+. The van der Waals surface area contributed by atoms with E-state index < -0.39 is 23.7 Å². The highest BCUT2D eigenvalue weighted by molar-refractivity contribution is 6.46. The molecule has 1 unspecified atom stereocenters. The average molecular weight is 526 g/mol. The Hall–Kier alpha value is -3.63. The number of rotatable bonds is 9. The van der Waals surface area contributed by atoms with Gasteiger partial charge in [-0.2, -0.15) is 0 Å². The van der Waals surface area contributed by atoms with Crippen molar-refractivity contribution in [1.82, 2.24) is 14.8 Å². The van der Waals surface area contributed by atoms with Crippen molar-refractivity contribution in [3.63, 3.8) is 0 Å². The lowest BCUT2D eigenvalue weighted by Crippen LogP contribution is -2.42. The van der Waals surface area contributed by atoms with Gasteiger partial charge >= 0.3 is 5.97 Å². The lowest BCUT2D eigenvalue weighted by atomic mass is 9.94. The van der Waals surface area contributed by atoms with Crippen molar-refractivity contribution in [3.05, 3.63) is 57.9 Å². The van der Waals surface area contributed by atoms with Gasteiger partial charge in [0.1, 0.15) is 17.2 Å². The molecule has 204 valence electrons. The molecule has 2 N–H and O–H groups in total. The van der Waals surface area contributed by atoms with E-state index >= 15 is 0 Å². The van der Waals surface area contributed by atoms with Crippen molar-refractivity contribution in [3.8, 4) is 5.75 Å². The summed E-state index contributed by atoms with van der Waals surface area (Å²) in [6.07, 6.45) is 0.867. The van der Waals surface area contributed by atoms with Crippen LogP contribution in [0, 0.1) is 13.8 Å². The Morgan fingerprint density at radius 3 is 2.45 bits per heavy atom. The quantitative estimate of drug-likeness (QED) is 0.222. The number of H-pyrrole nitrogens is 1. The molecule has 1 amide bonds. The molecular formula is C28H35N3O7. The molecule has 2 fully saturated rings. The third kappa shape index (κ3) is 5.32. The number of aromatic nitrogens is 1. The molecule has 2 aliphatic rings. The van der Waals surface area contributed by atoms with E-state index in [1.807, 2.05) is 19.1 Å². The van der Waals surface area contributed by atoms with E-state index in [4.69, 9.17) is 14.2 Å². The van der Waals surface area contributed by atoms with Crippen molar-refractivity contribution in [1.29, 1.82) is 0 Å². The summed E-state index contributed by atoms with van der Waals surface area (Å²) in [7, 11) is 1.27. The van der Waals surface area contributed by atoms with Gasteiger partial charge in [-0.1, -0.05) is 19.1 Å². The Morgan fingerprint density at radius 1 is 1.13 bits per heavy atom. The van der Waals surface area contributed by atoms with Crippen LogP contribution >= 0.6 is 0 Å². The molecule has 2 aliphatic heterocycles. The number of Topliss-reactive ketones (excluding diaryl/α,β-unsaturated/α-hetero) is 1. The van der Waals surface area contributed by atoms with Crippen LogP contribution in [0.4, 0.5) is 0 Å². The van der Waals surface area contributed by atoms with Crippen LogP contribution in [-0.2, 0) is 19.1 Å². The molecule has 1 aromatic heterocycles. The number of morpholine rings is 1. The van der Waals surface area contributed by atoms with E-state index in [0.29, 0.717) is 61.0 Å². The smallest absolute Gasteiger partial charge is 0.354 e. The zero-order valence-corrected chi connectivity index (χ0v) is 22.3. The maximum Gasteiger partial charge on any atom is 0.354 e. The number of hydrogen-bond acceptors (Lipinski definition) is 8. The van der Waals surface area contributed by atoms with Gasteiger partial charge in [-0.05, 0) is 43.5 Å². The summed E-state index contributed by atoms with van der Waals surface area (Å²) in [6, 6.07) is 6.43. The Kier molecular flexibility index (Phi) is 8.53. The molecule has 10 heteroatoms. The number of aliphatic hydroxyl groups excluding tert-OH is 1. The van der Waals surface area contributed by atoms with Gasteiger partial charge in [0, 0.05) is 37.4 Å². The van der Waals surface area contributed by atoms with Crippen LogP contribution in [-0.4, -0.2) is 90.7 Å². The molecule has 1 atom stereocenters. The van der Waals surface area contributed by atoms with Crippen LogP contribution in [0.25, 0.3) is 5.76 Å². The summed E-state index contributed by atoms with van der Waals surface area (Å²) in [5.74, 6) is -1.67. The summed E-state index contributed by atoms with van der Waals surface area (Å²) >= 11 is 0. The highest BCUT2D eigenvalue weighted by atomic mass is 16.5. The number of nitrogens with one attached hydrogen (secondary N) is 1.